The number of methoxy groups -OCH3 is 2. The highest BCUT2D eigenvalue weighted by molar-refractivity contribution is 7.21. The van der Waals surface area contributed by atoms with Gasteiger partial charge < -0.3 is 14.0 Å². The fourth-order valence-corrected chi connectivity index (χ4v) is 5.76. The molecule has 2 aromatic heterocycles. The lowest BCUT2D eigenvalue weighted by Gasteiger charge is -2.27. The van der Waals surface area contributed by atoms with Crippen LogP contribution in [0.3, 0.4) is 0 Å². The standard InChI is InChI=1S/C24H24FNO5S/c1-30-20(28)12-26-18-11-19(24(29)31-2)32-23(18)21(16-9-5-6-10-17(16)25)22(26)15-8-4-3-7-14(15)13-27/h3-4,7-8,11,13,16-17H,5-6,9-10,12H2,1-2H3. The van der Waals surface area contributed by atoms with E-state index in [4.69, 9.17) is 9.47 Å². The molecule has 2 atom stereocenters. The molecular weight excluding hydrogens is 433 g/mol. The van der Waals surface area contributed by atoms with Gasteiger partial charge in [0.05, 0.1) is 30.1 Å². The number of halogens is 1. The third-order valence-corrected chi connectivity index (χ3v) is 7.21. The SMILES string of the molecule is COC(=O)Cn1c(-c2ccccc2C=O)c(C2CCCCC2F)c2sc(C(=O)OC)cc21. The van der Waals surface area contributed by atoms with E-state index in [2.05, 4.69) is 0 Å². The third-order valence-electron chi connectivity index (χ3n) is 6.07. The first kappa shape index (κ1) is 22.2. The van der Waals surface area contributed by atoms with E-state index in [-0.39, 0.29) is 6.54 Å². The Hall–Kier alpha value is -3.00. The number of carbonyl (C=O) groups is 3. The predicted octanol–water partition coefficient (Wildman–Crippen LogP) is 5.14. The number of alkyl halides is 1. The van der Waals surface area contributed by atoms with E-state index in [1.807, 2.05) is 6.07 Å². The highest BCUT2D eigenvalue weighted by Crippen LogP contribution is 2.48. The largest absolute Gasteiger partial charge is 0.468 e. The molecule has 0 N–H and O–H groups in total. The number of esters is 2. The van der Waals surface area contributed by atoms with Gasteiger partial charge in [-0.15, -0.1) is 11.3 Å². The quantitative estimate of drug-likeness (QED) is 0.379. The van der Waals surface area contributed by atoms with Crippen LogP contribution < -0.4 is 0 Å². The maximum atomic E-state index is 15.3. The van der Waals surface area contributed by atoms with E-state index in [0.717, 1.165) is 29.4 Å². The van der Waals surface area contributed by atoms with Crippen LogP contribution in [0, 0.1) is 0 Å². The van der Waals surface area contributed by atoms with Crippen molar-refractivity contribution in [3.8, 4) is 11.3 Å². The molecule has 2 heterocycles. The lowest BCUT2D eigenvalue weighted by molar-refractivity contribution is -0.141. The topological polar surface area (TPSA) is 74.6 Å². The van der Waals surface area contributed by atoms with Crippen molar-refractivity contribution >= 4 is 39.8 Å². The van der Waals surface area contributed by atoms with Crippen LogP contribution in [0.15, 0.2) is 30.3 Å². The maximum absolute atomic E-state index is 15.3. The normalized spacial score (nSPS) is 18.5. The van der Waals surface area contributed by atoms with Crippen molar-refractivity contribution in [3.05, 3.63) is 46.3 Å². The minimum atomic E-state index is -1.05. The zero-order valence-electron chi connectivity index (χ0n) is 17.9. The summed E-state index contributed by atoms with van der Waals surface area (Å²) in [5.74, 6) is -1.37. The van der Waals surface area contributed by atoms with E-state index in [1.54, 1.807) is 28.8 Å². The van der Waals surface area contributed by atoms with Crippen LogP contribution in [-0.2, 0) is 20.8 Å². The number of hydrogen-bond acceptors (Lipinski definition) is 6. The van der Waals surface area contributed by atoms with Gasteiger partial charge in [0.15, 0.2) is 6.29 Å². The van der Waals surface area contributed by atoms with Crippen molar-refractivity contribution in [2.45, 2.75) is 44.3 Å². The van der Waals surface area contributed by atoms with Gasteiger partial charge in [0.1, 0.15) is 17.6 Å². The van der Waals surface area contributed by atoms with E-state index >= 15 is 4.39 Å². The minimum absolute atomic E-state index is 0.128. The molecule has 6 nitrogen and oxygen atoms in total. The molecule has 0 amide bonds. The summed E-state index contributed by atoms with van der Waals surface area (Å²) in [6.07, 6.45) is 2.53. The molecule has 168 valence electrons. The van der Waals surface area contributed by atoms with Gasteiger partial charge in [-0.25, -0.2) is 9.18 Å². The van der Waals surface area contributed by atoms with Crippen LogP contribution in [0.4, 0.5) is 4.39 Å². The molecule has 2 unspecified atom stereocenters. The molecule has 1 aromatic carbocycles. The summed E-state index contributed by atoms with van der Waals surface area (Å²) < 4.78 is 27.5. The highest BCUT2D eigenvalue weighted by Gasteiger charge is 2.35. The average Bonchev–Trinajstić information content (AvgIpc) is 3.37. The Bertz CT molecular complexity index is 1180. The molecule has 1 fully saturated rings. The van der Waals surface area contributed by atoms with Gasteiger partial charge in [-0.05, 0) is 18.9 Å². The third kappa shape index (κ3) is 3.83. The number of carbonyl (C=O) groups excluding carboxylic acids is 3. The van der Waals surface area contributed by atoms with E-state index in [0.29, 0.717) is 40.1 Å². The molecule has 0 radical (unpaired) electrons. The summed E-state index contributed by atoms with van der Waals surface area (Å²) in [7, 11) is 2.61. The second-order valence-electron chi connectivity index (χ2n) is 7.85. The number of thiophene rings is 1. The Morgan fingerprint density at radius 3 is 2.62 bits per heavy atom. The first-order valence-corrected chi connectivity index (χ1v) is 11.3. The lowest BCUT2D eigenvalue weighted by Crippen LogP contribution is -2.20. The Morgan fingerprint density at radius 1 is 1.19 bits per heavy atom. The van der Waals surface area contributed by atoms with Crippen molar-refractivity contribution in [2.75, 3.05) is 14.2 Å². The number of benzene rings is 1. The van der Waals surface area contributed by atoms with Gasteiger partial charge in [-0.3, -0.25) is 9.59 Å². The molecule has 32 heavy (non-hydrogen) atoms. The molecule has 0 aliphatic heterocycles. The van der Waals surface area contributed by atoms with Crippen molar-refractivity contribution in [3.63, 3.8) is 0 Å². The van der Waals surface area contributed by atoms with Crippen molar-refractivity contribution in [2.24, 2.45) is 0 Å². The predicted molar refractivity (Wildman–Crippen MR) is 120 cm³/mol. The molecular formula is C24H24FNO5S. The molecule has 1 aliphatic carbocycles. The first-order chi connectivity index (χ1) is 15.5. The maximum Gasteiger partial charge on any atom is 0.348 e. The van der Waals surface area contributed by atoms with Gasteiger partial charge in [-0.1, -0.05) is 37.1 Å². The molecule has 0 saturated heterocycles. The van der Waals surface area contributed by atoms with Crippen LogP contribution in [-0.4, -0.2) is 43.2 Å². The first-order valence-electron chi connectivity index (χ1n) is 10.5. The van der Waals surface area contributed by atoms with E-state index in [1.165, 1.54) is 25.6 Å². The molecule has 1 aliphatic rings. The second kappa shape index (κ2) is 9.24. The molecule has 0 bridgehead atoms. The number of rotatable bonds is 6. The number of hydrogen-bond donors (Lipinski definition) is 0. The van der Waals surface area contributed by atoms with Crippen molar-refractivity contribution in [1.29, 1.82) is 0 Å². The van der Waals surface area contributed by atoms with Crippen LogP contribution in [0.1, 0.15) is 57.2 Å². The monoisotopic (exact) mass is 457 g/mol. The Labute approximate surface area is 188 Å². The number of aldehydes is 1. The summed E-state index contributed by atoms with van der Waals surface area (Å²) in [5.41, 5.74) is 3.08. The Balaban J connectivity index is 2.07. The fraction of sp³-hybridized carbons (Fsp3) is 0.375. The average molecular weight is 458 g/mol. The van der Waals surface area contributed by atoms with Gasteiger partial charge in [-0.2, -0.15) is 0 Å². The molecule has 3 aromatic rings. The zero-order chi connectivity index (χ0) is 22.8. The molecule has 0 spiro atoms. The smallest absolute Gasteiger partial charge is 0.348 e. The Morgan fingerprint density at radius 2 is 1.94 bits per heavy atom. The van der Waals surface area contributed by atoms with Gasteiger partial charge >= 0.3 is 11.9 Å². The van der Waals surface area contributed by atoms with Crippen LogP contribution in [0.5, 0.6) is 0 Å². The fourth-order valence-electron chi connectivity index (χ4n) is 4.57. The summed E-state index contributed by atoms with van der Waals surface area (Å²) >= 11 is 1.23. The van der Waals surface area contributed by atoms with Crippen LogP contribution in [0.2, 0.25) is 0 Å². The van der Waals surface area contributed by atoms with Gasteiger partial charge in [0, 0.05) is 22.6 Å². The van der Waals surface area contributed by atoms with Crippen molar-refractivity contribution < 1.29 is 28.2 Å². The highest BCUT2D eigenvalue weighted by atomic mass is 32.1. The van der Waals surface area contributed by atoms with Crippen LogP contribution in [0.25, 0.3) is 21.5 Å². The minimum Gasteiger partial charge on any atom is -0.468 e. The summed E-state index contributed by atoms with van der Waals surface area (Å²) in [6.45, 7) is -0.128. The van der Waals surface area contributed by atoms with Crippen LogP contribution >= 0.6 is 11.3 Å². The molecule has 4 rings (SSSR count). The number of fused-ring (bicyclic) bond motifs is 1. The lowest BCUT2D eigenvalue weighted by atomic mass is 9.81. The van der Waals surface area contributed by atoms with Crippen molar-refractivity contribution in [1.82, 2.24) is 4.57 Å². The van der Waals surface area contributed by atoms with E-state index < -0.39 is 24.0 Å². The Kier molecular flexibility index (Phi) is 6.41. The number of ether oxygens (including phenoxy) is 2. The zero-order valence-corrected chi connectivity index (χ0v) is 18.7. The summed E-state index contributed by atoms with van der Waals surface area (Å²) in [4.78, 5) is 36.8. The second-order valence-corrected chi connectivity index (χ2v) is 8.91. The molecule has 8 heteroatoms. The summed E-state index contributed by atoms with van der Waals surface area (Å²) in [6, 6.07) is 8.74. The molecule has 1 saturated carbocycles. The number of nitrogens with zero attached hydrogens (tertiary/aromatic N) is 1. The van der Waals surface area contributed by atoms with Gasteiger partial charge in [0.2, 0.25) is 0 Å². The number of aromatic nitrogens is 1. The summed E-state index contributed by atoms with van der Waals surface area (Å²) in [5, 5.41) is 0. The van der Waals surface area contributed by atoms with Gasteiger partial charge in [0.25, 0.3) is 0 Å². The van der Waals surface area contributed by atoms with E-state index in [9.17, 15) is 14.4 Å².